The molecule has 0 saturated carbocycles. The van der Waals surface area contributed by atoms with Gasteiger partial charge in [-0.15, -0.1) is 0 Å². The minimum absolute atomic E-state index is 0.0156. The summed E-state index contributed by atoms with van der Waals surface area (Å²) in [6.07, 6.45) is 5.44. The van der Waals surface area contributed by atoms with Crippen LogP contribution in [-0.2, 0) is 0 Å². The molecule has 1 aliphatic rings. The smallest absolute Gasteiger partial charge is 0.276 e. The SMILES string of the molecule is CC(CN1CCCCC1)n1nc(-c2cccc(Cl)c2)c2ncccc2c1=O. The Hall–Kier alpha value is -2.24. The van der Waals surface area contributed by atoms with E-state index in [9.17, 15) is 4.79 Å². The second-order valence-corrected chi connectivity index (χ2v) is 7.65. The number of pyridine rings is 1. The zero-order valence-corrected chi connectivity index (χ0v) is 16.2. The molecule has 3 heterocycles. The Bertz CT molecular complexity index is 1010. The van der Waals surface area contributed by atoms with Crippen molar-refractivity contribution in [1.29, 1.82) is 0 Å². The van der Waals surface area contributed by atoms with Gasteiger partial charge in [-0.2, -0.15) is 5.10 Å². The molecule has 0 spiro atoms. The average molecular weight is 383 g/mol. The van der Waals surface area contributed by atoms with E-state index in [0.29, 0.717) is 21.6 Å². The van der Waals surface area contributed by atoms with Crippen molar-refractivity contribution in [3.05, 3.63) is 58.0 Å². The van der Waals surface area contributed by atoms with Crippen LogP contribution in [0, 0.1) is 0 Å². The number of benzene rings is 1. The van der Waals surface area contributed by atoms with Crippen molar-refractivity contribution >= 4 is 22.5 Å². The lowest BCUT2D eigenvalue weighted by Gasteiger charge is -2.29. The number of aromatic nitrogens is 3. The lowest BCUT2D eigenvalue weighted by Crippen LogP contribution is -2.38. The van der Waals surface area contributed by atoms with Crippen molar-refractivity contribution < 1.29 is 0 Å². The zero-order chi connectivity index (χ0) is 18.8. The zero-order valence-electron chi connectivity index (χ0n) is 15.4. The van der Waals surface area contributed by atoms with E-state index in [0.717, 1.165) is 25.2 Å². The van der Waals surface area contributed by atoms with E-state index in [2.05, 4.69) is 16.8 Å². The summed E-state index contributed by atoms with van der Waals surface area (Å²) in [4.78, 5) is 19.9. The maximum absolute atomic E-state index is 13.1. The first kappa shape index (κ1) is 18.1. The van der Waals surface area contributed by atoms with Crippen molar-refractivity contribution in [2.24, 2.45) is 0 Å². The molecule has 0 aliphatic carbocycles. The first-order chi connectivity index (χ1) is 13.1. The minimum atomic E-state index is -0.0895. The van der Waals surface area contributed by atoms with Crippen LogP contribution in [0.25, 0.3) is 22.2 Å². The Labute approximate surface area is 163 Å². The van der Waals surface area contributed by atoms with Gasteiger partial charge in [0, 0.05) is 23.3 Å². The van der Waals surface area contributed by atoms with E-state index < -0.39 is 0 Å². The highest BCUT2D eigenvalue weighted by Gasteiger charge is 2.20. The molecule has 6 heteroatoms. The van der Waals surface area contributed by atoms with E-state index in [4.69, 9.17) is 16.7 Å². The highest BCUT2D eigenvalue weighted by Crippen LogP contribution is 2.26. The molecule has 0 bridgehead atoms. The van der Waals surface area contributed by atoms with Gasteiger partial charge in [0.05, 0.1) is 11.4 Å². The van der Waals surface area contributed by atoms with Crippen molar-refractivity contribution in [3.8, 4) is 11.3 Å². The Morgan fingerprint density at radius 3 is 2.74 bits per heavy atom. The van der Waals surface area contributed by atoms with E-state index >= 15 is 0 Å². The van der Waals surface area contributed by atoms with Gasteiger partial charge in [0.25, 0.3) is 5.56 Å². The molecular formula is C21H23ClN4O. The topological polar surface area (TPSA) is 51.0 Å². The number of halogens is 1. The van der Waals surface area contributed by atoms with Crippen molar-refractivity contribution in [1.82, 2.24) is 19.7 Å². The standard InChI is InChI=1S/C21H23ClN4O/c1-15(14-25-11-3-2-4-12-25)26-21(27)18-9-6-10-23-20(18)19(24-26)16-7-5-8-17(22)13-16/h5-10,13,15H,2-4,11-12,14H2,1H3. The summed E-state index contributed by atoms with van der Waals surface area (Å²) in [7, 11) is 0. The largest absolute Gasteiger partial charge is 0.301 e. The molecular weight excluding hydrogens is 360 g/mol. The molecule has 0 radical (unpaired) electrons. The van der Waals surface area contributed by atoms with Gasteiger partial charge in [-0.3, -0.25) is 9.78 Å². The van der Waals surface area contributed by atoms with Crippen LogP contribution in [0.5, 0.6) is 0 Å². The summed E-state index contributed by atoms with van der Waals surface area (Å²) < 4.78 is 1.62. The number of piperidine rings is 1. The molecule has 3 aromatic rings. The lowest BCUT2D eigenvalue weighted by atomic mass is 10.1. The van der Waals surface area contributed by atoms with Gasteiger partial charge < -0.3 is 4.90 Å². The van der Waals surface area contributed by atoms with Crippen molar-refractivity contribution in [2.75, 3.05) is 19.6 Å². The molecule has 1 atom stereocenters. The normalized spacial score (nSPS) is 16.5. The van der Waals surface area contributed by atoms with Gasteiger partial charge in [0.15, 0.2) is 0 Å². The molecule has 4 rings (SSSR count). The average Bonchev–Trinajstić information content (AvgIpc) is 2.69. The molecule has 140 valence electrons. The minimum Gasteiger partial charge on any atom is -0.301 e. The Morgan fingerprint density at radius 1 is 1.15 bits per heavy atom. The molecule has 5 nitrogen and oxygen atoms in total. The molecule has 0 N–H and O–H groups in total. The number of rotatable bonds is 4. The van der Waals surface area contributed by atoms with Crippen LogP contribution in [0.2, 0.25) is 5.02 Å². The summed E-state index contributed by atoms with van der Waals surface area (Å²) in [6, 6.07) is 11.1. The van der Waals surface area contributed by atoms with Crippen molar-refractivity contribution in [3.63, 3.8) is 0 Å². The fraction of sp³-hybridized carbons (Fsp3) is 0.381. The monoisotopic (exact) mass is 382 g/mol. The molecule has 1 saturated heterocycles. The van der Waals surface area contributed by atoms with Gasteiger partial charge in [0.1, 0.15) is 11.2 Å². The lowest BCUT2D eigenvalue weighted by molar-refractivity contribution is 0.195. The van der Waals surface area contributed by atoms with Crippen LogP contribution in [0.15, 0.2) is 47.4 Å². The van der Waals surface area contributed by atoms with Gasteiger partial charge in [-0.1, -0.05) is 30.2 Å². The number of nitrogens with zero attached hydrogens (tertiary/aromatic N) is 4. The number of likely N-dealkylation sites (tertiary alicyclic amines) is 1. The maximum Gasteiger partial charge on any atom is 0.276 e. The maximum atomic E-state index is 13.1. The summed E-state index contributed by atoms with van der Waals surface area (Å²) in [5.74, 6) is 0. The molecule has 1 fully saturated rings. The van der Waals surface area contributed by atoms with Crippen LogP contribution in [0.1, 0.15) is 32.2 Å². The van der Waals surface area contributed by atoms with E-state index in [1.54, 1.807) is 16.9 Å². The number of hydrogen-bond acceptors (Lipinski definition) is 4. The summed E-state index contributed by atoms with van der Waals surface area (Å²) in [6.45, 7) is 5.07. The first-order valence-electron chi connectivity index (χ1n) is 9.49. The second-order valence-electron chi connectivity index (χ2n) is 7.22. The van der Waals surface area contributed by atoms with Gasteiger partial charge in [0.2, 0.25) is 0 Å². The highest BCUT2D eigenvalue weighted by atomic mass is 35.5. The van der Waals surface area contributed by atoms with E-state index in [-0.39, 0.29) is 11.6 Å². The summed E-state index contributed by atoms with van der Waals surface area (Å²) in [5, 5.41) is 5.96. The third-order valence-electron chi connectivity index (χ3n) is 5.16. The summed E-state index contributed by atoms with van der Waals surface area (Å²) >= 11 is 6.18. The molecule has 1 unspecified atom stereocenters. The number of hydrogen-bond donors (Lipinski definition) is 0. The van der Waals surface area contributed by atoms with Crippen LogP contribution in [-0.4, -0.2) is 39.3 Å². The quantitative estimate of drug-likeness (QED) is 0.679. The van der Waals surface area contributed by atoms with Crippen LogP contribution >= 0.6 is 11.6 Å². The predicted octanol–water partition coefficient (Wildman–Crippen LogP) is 4.16. The molecule has 0 amide bonds. The van der Waals surface area contributed by atoms with Crippen molar-refractivity contribution in [2.45, 2.75) is 32.2 Å². The third-order valence-corrected chi connectivity index (χ3v) is 5.40. The highest BCUT2D eigenvalue weighted by molar-refractivity contribution is 6.30. The van der Waals surface area contributed by atoms with Crippen LogP contribution < -0.4 is 5.56 Å². The van der Waals surface area contributed by atoms with E-state index in [1.165, 1.54) is 19.3 Å². The fourth-order valence-electron chi connectivity index (χ4n) is 3.81. The first-order valence-corrected chi connectivity index (χ1v) is 9.87. The molecule has 1 aliphatic heterocycles. The van der Waals surface area contributed by atoms with Gasteiger partial charge in [-0.25, -0.2) is 4.68 Å². The molecule has 2 aromatic heterocycles. The predicted molar refractivity (Wildman–Crippen MR) is 109 cm³/mol. The Kier molecular flexibility index (Phi) is 5.23. The van der Waals surface area contributed by atoms with Gasteiger partial charge in [-0.05, 0) is 57.1 Å². The summed E-state index contributed by atoms with van der Waals surface area (Å²) in [5.41, 5.74) is 2.09. The Balaban J connectivity index is 1.81. The Morgan fingerprint density at radius 2 is 1.96 bits per heavy atom. The second kappa shape index (κ2) is 7.79. The third kappa shape index (κ3) is 3.75. The molecule has 27 heavy (non-hydrogen) atoms. The van der Waals surface area contributed by atoms with Crippen LogP contribution in [0.3, 0.4) is 0 Å². The fourth-order valence-corrected chi connectivity index (χ4v) is 4.00. The number of fused-ring (bicyclic) bond motifs is 1. The van der Waals surface area contributed by atoms with Crippen LogP contribution in [0.4, 0.5) is 0 Å². The van der Waals surface area contributed by atoms with E-state index in [1.807, 2.05) is 30.3 Å². The molecule has 1 aromatic carbocycles. The van der Waals surface area contributed by atoms with Gasteiger partial charge >= 0.3 is 0 Å².